The third kappa shape index (κ3) is 3.08. The summed E-state index contributed by atoms with van der Waals surface area (Å²) in [4.78, 5) is 12.2. The lowest BCUT2D eigenvalue weighted by Gasteiger charge is -2.05. The number of rotatable bonds is 4. The Balaban J connectivity index is 1.83. The Kier molecular flexibility index (Phi) is 3.84. The number of amides is 1. The molecular formula is C16H16N4O3. The minimum absolute atomic E-state index is 0.305. The van der Waals surface area contributed by atoms with E-state index in [2.05, 4.69) is 15.6 Å². The molecule has 7 nitrogen and oxygen atoms in total. The first kappa shape index (κ1) is 14.8. The lowest BCUT2D eigenvalue weighted by Crippen LogP contribution is -2.13. The van der Waals surface area contributed by atoms with Crippen LogP contribution in [-0.2, 0) is 0 Å². The first-order valence-electron chi connectivity index (χ1n) is 7.02. The molecule has 0 saturated carbocycles. The number of benzene rings is 1. The minimum atomic E-state index is -0.339. The zero-order valence-corrected chi connectivity index (χ0v) is 13.0. The number of carbonyl (C=O) groups excluding carboxylic acids is 1. The molecule has 0 aliphatic heterocycles. The van der Waals surface area contributed by atoms with Gasteiger partial charge < -0.3 is 14.6 Å². The molecule has 3 rings (SSSR count). The minimum Gasteiger partial charge on any atom is -0.497 e. The lowest BCUT2D eigenvalue weighted by molar-refractivity contribution is 0.102. The Morgan fingerprint density at radius 3 is 2.57 bits per heavy atom. The molecule has 0 bridgehead atoms. The number of aryl methyl sites for hydroxylation is 2. The van der Waals surface area contributed by atoms with E-state index in [0.29, 0.717) is 17.3 Å². The van der Waals surface area contributed by atoms with Crippen molar-refractivity contribution in [2.24, 2.45) is 0 Å². The van der Waals surface area contributed by atoms with Crippen LogP contribution in [0.15, 0.2) is 40.9 Å². The van der Waals surface area contributed by atoms with E-state index in [1.807, 2.05) is 31.2 Å². The summed E-state index contributed by atoms with van der Waals surface area (Å²) < 4.78 is 11.8. The molecule has 0 saturated heterocycles. The van der Waals surface area contributed by atoms with Gasteiger partial charge in [-0.25, -0.2) is 4.68 Å². The van der Waals surface area contributed by atoms with Crippen LogP contribution in [0.25, 0.3) is 5.69 Å². The number of hydrogen-bond acceptors (Lipinski definition) is 5. The molecule has 0 radical (unpaired) electrons. The summed E-state index contributed by atoms with van der Waals surface area (Å²) in [5, 5.41) is 10.7. The molecule has 0 unspecified atom stereocenters. The largest absolute Gasteiger partial charge is 0.497 e. The van der Waals surface area contributed by atoms with Crippen molar-refractivity contribution in [3.63, 3.8) is 0 Å². The van der Waals surface area contributed by atoms with Gasteiger partial charge in [0.2, 0.25) is 0 Å². The second kappa shape index (κ2) is 5.96. The Bertz CT molecular complexity index is 833. The zero-order valence-electron chi connectivity index (χ0n) is 13.0. The highest BCUT2D eigenvalue weighted by Gasteiger charge is 2.15. The number of nitrogens with zero attached hydrogens (tertiary/aromatic N) is 3. The van der Waals surface area contributed by atoms with Crippen molar-refractivity contribution in [2.45, 2.75) is 13.8 Å². The highest BCUT2D eigenvalue weighted by Crippen LogP contribution is 2.17. The van der Waals surface area contributed by atoms with Gasteiger partial charge in [0.05, 0.1) is 12.8 Å². The van der Waals surface area contributed by atoms with Crippen LogP contribution in [0.2, 0.25) is 0 Å². The Labute approximate surface area is 132 Å². The molecule has 2 aromatic heterocycles. The summed E-state index contributed by atoms with van der Waals surface area (Å²) >= 11 is 0. The van der Waals surface area contributed by atoms with Crippen molar-refractivity contribution in [3.8, 4) is 11.4 Å². The topological polar surface area (TPSA) is 82.2 Å². The molecule has 23 heavy (non-hydrogen) atoms. The van der Waals surface area contributed by atoms with Gasteiger partial charge >= 0.3 is 0 Å². The highest BCUT2D eigenvalue weighted by molar-refractivity contribution is 6.02. The van der Waals surface area contributed by atoms with Gasteiger partial charge in [0.25, 0.3) is 5.91 Å². The van der Waals surface area contributed by atoms with E-state index in [4.69, 9.17) is 9.26 Å². The first-order chi connectivity index (χ1) is 11.1. The van der Waals surface area contributed by atoms with E-state index >= 15 is 0 Å². The normalized spacial score (nSPS) is 10.6. The molecule has 2 heterocycles. The number of carbonyl (C=O) groups is 1. The third-order valence-corrected chi connectivity index (χ3v) is 3.31. The van der Waals surface area contributed by atoms with Crippen LogP contribution in [-0.4, -0.2) is 28.0 Å². The van der Waals surface area contributed by atoms with E-state index < -0.39 is 0 Å². The molecule has 0 atom stereocenters. The number of ether oxygens (including phenoxy) is 1. The predicted octanol–water partition coefficient (Wildman–Crippen LogP) is 2.74. The average Bonchev–Trinajstić information content (AvgIpc) is 3.13. The number of nitrogens with one attached hydrogen (secondary N) is 1. The van der Waals surface area contributed by atoms with Gasteiger partial charge in [-0.15, -0.1) is 0 Å². The first-order valence-corrected chi connectivity index (χ1v) is 7.02. The number of aromatic nitrogens is 3. The molecule has 0 fully saturated rings. The van der Waals surface area contributed by atoms with Gasteiger partial charge in [-0.2, -0.15) is 5.10 Å². The maximum atomic E-state index is 12.2. The van der Waals surface area contributed by atoms with Crippen LogP contribution >= 0.6 is 0 Å². The van der Waals surface area contributed by atoms with Crippen LogP contribution in [0, 0.1) is 13.8 Å². The summed E-state index contributed by atoms with van der Waals surface area (Å²) in [5.74, 6) is 1.41. The van der Waals surface area contributed by atoms with Crippen molar-refractivity contribution in [3.05, 3.63) is 53.5 Å². The Morgan fingerprint density at radius 2 is 1.96 bits per heavy atom. The summed E-state index contributed by atoms with van der Waals surface area (Å²) in [7, 11) is 1.61. The van der Waals surface area contributed by atoms with E-state index in [1.54, 1.807) is 30.8 Å². The SMILES string of the molecule is COc1ccc(-n2nc(C(=O)Nc3cc(C)on3)cc2C)cc1. The van der Waals surface area contributed by atoms with Crippen LogP contribution in [0.4, 0.5) is 5.82 Å². The summed E-state index contributed by atoms with van der Waals surface area (Å²) in [6, 6.07) is 10.8. The van der Waals surface area contributed by atoms with Crippen molar-refractivity contribution < 1.29 is 14.1 Å². The highest BCUT2D eigenvalue weighted by atomic mass is 16.5. The average molecular weight is 312 g/mol. The molecule has 1 amide bonds. The van der Waals surface area contributed by atoms with Crippen molar-refractivity contribution in [2.75, 3.05) is 12.4 Å². The van der Waals surface area contributed by atoms with E-state index in [-0.39, 0.29) is 5.91 Å². The monoisotopic (exact) mass is 312 g/mol. The van der Waals surface area contributed by atoms with Gasteiger partial charge in [0.1, 0.15) is 11.5 Å². The molecule has 3 aromatic rings. The zero-order chi connectivity index (χ0) is 16.4. The summed E-state index contributed by atoms with van der Waals surface area (Å²) in [5.41, 5.74) is 2.00. The van der Waals surface area contributed by atoms with E-state index in [9.17, 15) is 4.79 Å². The van der Waals surface area contributed by atoms with Gasteiger partial charge in [-0.3, -0.25) is 4.79 Å². The predicted molar refractivity (Wildman–Crippen MR) is 84.0 cm³/mol. The molecule has 0 aliphatic carbocycles. The summed E-state index contributed by atoms with van der Waals surface area (Å²) in [6.45, 7) is 3.64. The van der Waals surface area contributed by atoms with Crippen molar-refractivity contribution in [1.82, 2.24) is 14.9 Å². The fourth-order valence-electron chi connectivity index (χ4n) is 2.18. The van der Waals surface area contributed by atoms with Crippen LogP contribution in [0.1, 0.15) is 21.9 Å². The van der Waals surface area contributed by atoms with Gasteiger partial charge in [-0.1, -0.05) is 5.16 Å². The lowest BCUT2D eigenvalue weighted by atomic mass is 10.3. The maximum Gasteiger partial charge on any atom is 0.277 e. The molecular weight excluding hydrogens is 296 g/mol. The second-order valence-corrected chi connectivity index (χ2v) is 5.06. The molecule has 0 spiro atoms. The van der Waals surface area contributed by atoms with Crippen molar-refractivity contribution >= 4 is 11.7 Å². The number of anilines is 1. The van der Waals surface area contributed by atoms with Gasteiger partial charge in [-0.05, 0) is 44.2 Å². The molecule has 1 aromatic carbocycles. The van der Waals surface area contributed by atoms with Crippen LogP contribution in [0.5, 0.6) is 5.75 Å². The van der Waals surface area contributed by atoms with Crippen LogP contribution in [0.3, 0.4) is 0 Å². The van der Waals surface area contributed by atoms with Crippen molar-refractivity contribution in [1.29, 1.82) is 0 Å². The smallest absolute Gasteiger partial charge is 0.277 e. The van der Waals surface area contributed by atoms with Crippen LogP contribution < -0.4 is 10.1 Å². The Hall–Kier alpha value is -3.09. The maximum absolute atomic E-state index is 12.2. The molecule has 118 valence electrons. The van der Waals surface area contributed by atoms with E-state index in [1.165, 1.54) is 0 Å². The Morgan fingerprint density at radius 1 is 1.22 bits per heavy atom. The van der Waals surface area contributed by atoms with E-state index in [0.717, 1.165) is 17.1 Å². The summed E-state index contributed by atoms with van der Waals surface area (Å²) in [6.07, 6.45) is 0. The second-order valence-electron chi connectivity index (χ2n) is 5.06. The molecule has 1 N–H and O–H groups in total. The third-order valence-electron chi connectivity index (χ3n) is 3.31. The number of methoxy groups -OCH3 is 1. The van der Waals surface area contributed by atoms with Gasteiger partial charge in [0.15, 0.2) is 11.5 Å². The standard InChI is InChI=1S/C16H16N4O3/c1-10-8-14(16(21)17-15-9-11(2)23-19-15)18-20(10)12-4-6-13(22-3)7-5-12/h4-9H,1-3H3,(H,17,19,21). The molecule has 7 heteroatoms. The quantitative estimate of drug-likeness (QED) is 0.801. The fourth-order valence-corrected chi connectivity index (χ4v) is 2.18. The van der Waals surface area contributed by atoms with Gasteiger partial charge in [0, 0.05) is 11.8 Å². The number of hydrogen-bond donors (Lipinski definition) is 1. The molecule has 0 aliphatic rings. The fraction of sp³-hybridized carbons (Fsp3) is 0.188.